The topological polar surface area (TPSA) is 38.3 Å². The van der Waals surface area contributed by atoms with Gasteiger partial charge >= 0.3 is 0 Å². The fraction of sp³-hybridized carbons (Fsp3) is 0.522. The van der Waals surface area contributed by atoms with Gasteiger partial charge < -0.3 is 10.1 Å². The highest BCUT2D eigenvalue weighted by molar-refractivity contribution is 6.44. The van der Waals surface area contributed by atoms with Gasteiger partial charge in [0.15, 0.2) is 6.61 Å². The summed E-state index contributed by atoms with van der Waals surface area (Å²) in [5, 5.41) is 3.61. The molecule has 1 aromatic carbocycles. The number of carbonyl (C=O) groups excluding carboxylic acids is 1. The van der Waals surface area contributed by atoms with Crippen molar-refractivity contribution in [3.05, 3.63) is 46.5 Å². The first-order valence-corrected chi connectivity index (χ1v) is 10.6. The fourth-order valence-electron chi connectivity index (χ4n) is 2.92. The standard InChI is InChI=1S/C23H33Cl2NO2/c1-8-15(4)17(6)18-11-12-19(22(25)21(18)24)28-13-20(27)26-14-23(7,10-3)16(5)9-2/h11-12,16H,4,6,8-10,13-14H2,1-3,5,7H3,(H,26,27)/t16-,23?/m0/s1. The second kappa shape index (κ2) is 10.9. The minimum Gasteiger partial charge on any atom is -0.482 e. The number of amides is 1. The van der Waals surface area contributed by atoms with E-state index >= 15 is 0 Å². The van der Waals surface area contributed by atoms with Crippen LogP contribution in [-0.4, -0.2) is 19.1 Å². The Bertz CT molecular complexity index is 730. The molecule has 156 valence electrons. The SMILES string of the molecule is C=C(CC)C(=C)c1ccc(OCC(=O)NCC(C)(CC)[C@@H](C)CC)c(Cl)c1Cl. The predicted octanol–water partition coefficient (Wildman–Crippen LogP) is 6.93. The second-order valence-electron chi connectivity index (χ2n) is 7.56. The van der Waals surface area contributed by atoms with Gasteiger partial charge in [0.1, 0.15) is 10.8 Å². The summed E-state index contributed by atoms with van der Waals surface area (Å²) in [6.07, 6.45) is 2.85. The summed E-state index contributed by atoms with van der Waals surface area (Å²) in [6.45, 7) is 19.3. The monoisotopic (exact) mass is 425 g/mol. The number of halogens is 2. The van der Waals surface area contributed by atoms with Gasteiger partial charge in [0, 0.05) is 12.1 Å². The molecule has 0 bridgehead atoms. The Kier molecular flexibility index (Phi) is 9.59. The number of benzene rings is 1. The summed E-state index contributed by atoms with van der Waals surface area (Å²) in [6, 6.07) is 3.50. The van der Waals surface area contributed by atoms with Crippen molar-refractivity contribution in [1.29, 1.82) is 0 Å². The lowest BCUT2D eigenvalue weighted by atomic mass is 9.74. The zero-order valence-corrected chi connectivity index (χ0v) is 19.3. The number of hydrogen-bond donors (Lipinski definition) is 1. The lowest BCUT2D eigenvalue weighted by molar-refractivity contribution is -0.123. The van der Waals surface area contributed by atoms with E-state index in [0.29, 0.717) is 23.2 Å². The molecule has 0 aliphatic carbocycles. The van der Waals surface area contributed by atoms with E-state index in [4.69, 9.17) is 27.9 Å². The zero-order valence-electron chi connectivity index (χ0n) is 17.8. The van der Waals surface area contributed by atoms with Crippen molar-refractivity contribution in [1.82, 2.24) is 5.32 Å². The highest BCUT2D eigenvalue weighted by Crippen LogP contribution is 2.39. The van der Waals surface area contributed by atoms with Crippen LogP contribution in [0.2, 0.25) is 10.0 Å². The summed E-state index contributed by atoms with van der Waals surface area (Å²) >= 11 is 12.7. The Hall–Kier alpha value is -1.45. The van der Waals surface area contributed by atoms with Crippen molar-refractivity contribution < 1.29 is 9.53 Å². The first kappa shape index (κ1) is 24.6. The molecule has 28 heavy (non-hydrogen) atoms. The molecule has 0 aliphatic heterocycles. The van der Waals surface area contributed by atoms with Gasteiger partial charge in [-0.1, -0.05) is 77.4 Å². The molecule has 2 atom stereocenters. The maximum absolute atomic E-state index is 12.3. The summed E-state index contributed by atoms with van der Waals surface area (Å²) in [4.78, 5) is 12.3. The highest BCUT2D eigenvalue weighted by Gasteiger charge is 2.28. The average Bonchev–Trinajstić information content (AvgIpc) is 2.71. The quantitative estimate of drug-likeness (QED) is 0.390. The van der Waals surface area contributed by atoms with E-state index in [-0.39, 0.29) is 23.0 Å². The predicted molar refractivity (Wildman–Crippen MR) is 121 cm³/mol. The van der Waals surface area contributed by atoms with Crippen LogP contribution >= 0.6 is 23.2 Å². The lowest BCUT2D eigenvalue weighted by Crippen LogP contribution is -2.41. The molecule has 0 aliphatic rings. The number of rotatable bonds is 11. The molecule has 0 radical (unpaired) electrons. The fourth-order valence-corrected chi connectivity index (χ4v) is 3.40. The van der Waals surface area contributed by atoms with Gasteiger partial charge in [0.2, 0.25) is 0 Å². The maximum Gasteiger partial charge on any atom is 0.257 e. The highest BCUT2D eigenvalue weighted by atomic mass is 35.5. The van der Waals surface area contributed by atoms with Crippen LogP contribution in [0.4, 0.5) is 0 Å². The van der Waals surface area contributed by atoms with Gasteiger partial charge in [-0.15, -0.1) is 0 Å². The van der Waals surface area contributed by atoms with E-state index < -0.39 is 0 Å². The molecule has 1 rings (SSSR count). The maximum atomic E-state index is 12.3. The van der Waals surface area contributed by atoms with Gasteiger partial charge in [0.05, 0.1) is 5.02 Å². The Balaban J connectivity index is 2.75. The molecule has 0 heterocycles. The van der Waals surface area contributed by atoms with Crippen molar-refractivity contribution in [2.45, 2.75) is 53.9 Å². The van der Waals surface area contributed by atoms with Crippen LogP contribution in [-0.2, 0) is 4.79 Å². The van der Waals surface area contributed by atoms with Crippen molar-refractivity contribution in [2.75, 3.05) is 13.2 Å². The summed E-state index contributed by atoms with van der Waals surface area (Å²) < 4.78 is 5.61. The third-order valence-electron chi connectivity index (χ3n) is 5.88. The number of nitrogens with one attached hydrogen (secondary N) is 1. The zero-order chi connectivity index (χ0) is 21.5. The first-order valence-electron chi connectivity index (χ1n) is 9.86. The van der Waals surface area contributed by atoms with Crippen molar-refractivity contribution in [3.63, 3.8) is 0 Å². The number of ether oxygens (including phenoxy) is 1. The van der Waals surface area contributed by atoms with Gasteiger partial charge in [-0.25, -0.2) is 0 Å². The molecule has 1 aromatic rings. The first-order chi connectivity index (χ1) is 13.1. The van der Waals surface area contributed by atoms with Crippen LogP contribution in [0.1, 0.15) is 59.4 Å². The van der Waals surface area contributed by atoms with Crippen molar-refractivity contribution >= 4 is 34.7 Å². The second-order valence-corrected chi connectivity index (χ2v) is 8.31. The van der Waals surface area contributed by atoms with Gasteiger partial charge in [-0.2, -0.15) is 0 Å². The molecule has 1 amide bonds. The third-order valence-corrected chi connectivity index (χ3v) is 6.75. The summed E-state index contributed by atoms with van der Waals surface area (Å²) in [5.74, 6) is 0.717. The third kappa shape index (κ3) is 6.02. The summed E-state index contributed by atoms with van der Waals surface area (Å²) in [7, 11) is 0. The van der Waals surface area contributed by atoms with Gasteiger partial charge in [0.25, 0.3) is 5.91 Å². The van der Waals surface area contributed by atoms with E-state index in [1.165, 1.54) is 0 Å². The molecule has 1 N–H and O–H groups in total. The van der Waals surface area contributed by atoms with E-state index in [1.54, 1.807) is 12.1 Å². The lowest BCUT2D eigenvalue weighted by Gasteiger charge is -2.34. The largest absolute Gasteiger partial charge is 0.482 e. The minimum atomic E-state index is -0.178. The summed E-state index contributed by atoms with van der Waals surface area (Å²) in [5.41, 5.74) is 2.44. The van der Waals surface area contributed by atoms with Crippen LogP contribution in [0, 0.1) is 11.3 Å². The molecule has 3 nitrogen and oxygen atoms in total. The number of carbonyl (C=O) groups is 1. The Morgan fingerprint density at radius 1 is 1.21 bits per heavy atom. The molecule has 0 aromatic heterocycles. The smallest absolute Gasteiger partial charge is 0.257 e. The Morgan fingerprint density at radius 2 is 1.86 bits per heavy atom. The molecule has 0 saturated carbocycles. The van der Waals surface area contributed by atoms with Gasteiger partial charge in [-0.3, -0.25) is 4.79 Å². The number of allylic oxidation sites excluding steroid dienone is 2. The van der Waals surface area contributed by atoms with Crippen LogP contribution in [0.25, 0.3) is 5.57 Å². The molecule has 0 saturated heterocycles. The molecule has 5 heteroatoms. The van der Waals surface area contributed by atoms with Crippen molar-refractivity contribution in [2.24, 2.45) is 11.3 Å². The normalized spacial score (nSPS) is 14.1. The minimum absolute atomic E-state index is 0.0645. The number of hydrogen-bond acceptors (Lipinski definition) is 2. The van der Waals surface area contributed by atoms with E-state index in [0.717, 1.165) is 36.0 Å². The van der Waals surface area contributed by atoms with E-state index in [1.807, 2.05) is 6.92 Å². The van der Waals surface area contributed by atoms with Crippen LogP contribution < -0.4 is 10.1 Å². The van der Waals surface area contributed by atoms with Crippen LogP contribution in [0.3, 0.4) is 0 Å². The molecule has 0 spiro atoms. The molecule has 1 unspecified atom stereocenters. The van der Waals surface area contributed by atoms with Gasteiger partial charge in [-0.05, 0) is 47.5 Å². The van der Waals surface area contributed by atoms with E-state index in [2.05, 4.69) is 46.2 Å². The Labute approximate surface area is 180 Å². The van der Waals surface area contributed by atoms with E-state index in [9.17, 15) is 4.79 Å². The Morgan fingerprint density at radius 3 is 2.39 bits per heavy atom. The average molecular weight is 426 g/mol. The molecule has 0 fully saturated rings. The molecular formula is C23H33Cl2NO2. The molecular weight excluding hydrogens is 393 g/mol. The van der Waals surface area contributed by atoms with Crippen molar-refractivity contribution in [3.8, 4) is 5.75 Å². The van der Waals surface area contributed by atoms with Crippen LogP contribution in [0.5, 0.6) is 5.75 Å². The van der Waals surface area contributed by atoms with Crippen LogP contribution in [0.15, 0.2) is 30.9 Å².